The van der Waals surface area contributed by atoms with Crippen LogP contribution in [-0.2, 0) is 0 Å². The van der Waals surface area contributed by atoms with E-state index in [1.807, 2.05) is 6.26 Å². The van der Waals surface area contributed by atoms with Crippen molar-refractivity contribution in [3.8, 4) is 5.75 Å². The van der Waals surface area contributed by atoms with Gasteiger partial charge in [0.05, 0.1) is 23.0 Å². The number of rotatable bonds is 5. The molecule has 6 nitrogen and oxygen atoms in total. The number of nitro groups is 1. The van der Waals surface area contributed by atoms with Crippen LogP contribution in [0.4, 0.5) is 5.69 Å². The molecule has 1 N–H and O–H groups in total. The van der Waals surface area contributed by atoms with Crippen LogP contribution in [0.2, 0.25) is 0 Å². The van der Waals surface area contributed by atoms with E-state index in [0.717, 1.165) is 19.3 Å². The highest BCUT2D eigenvalue weighted by Gasteiger charge is 2.28. The van der Waals surface area contributed by atoms with E-state index in [-0.39, 0.29) is 23.2 Å². The van der Waals surface area contributed by atoms with E-state index in [2.05, 4.69) is 12.2 Å². The zero-order valence-corrected chi connectivity index (χ0v) is 14.4. The lowest BCUT2D eigenvalue weighted by Crippen LogP contribution is -2.41. The molecule has 2 rings (SSSR count). The Hall–Kier alpha value is -1.76. The molecule has 2 atom stereocenters. The number of thioether (sulfide) groups is 1. The Labute approximate surface area is 140 Å². The molecule has 0 bridgehead atoms. The summed E-state index contributed by atoms with van der Waals surface area (Å²) in [4.78, 5) is 24.1. The second-order valence-corrected chi connectivity index (χ2v) is 6.67. The van der Waals surface area contributed by atoms with Crippen LogP contribution in [0, 0.1) is 16.0 Å². The molecule has 1 fully saturated rings. The Morgan fingerprint density at radius 2 is 2.09 bits per heavy atom. The van der Waals surface area contributed by atoms with Gasteiger partial charge in [0, 0.05) is 6.04 Å². The Morgan fingerprint density at radius 3 is 2.65 bits per heavy atom. The number of nitrogens with zero attached hydrogens (tertiary/aromatic N) is 1. The minimum absolute atomic E-state index is 0.0793. The van der Waals surface area contributed by atoms with E-state index in [1.165, 1.54) is 31.4 Å². The number of carbonyl (C=O) groups excluding carboxylic acids is 1. The third-order valence-corrected chi connectivity index (χ3v) is 5.13. The third-order valence-electron chi connectivity index (χ3n) is 4.37. The van der Waals surface area contributed by atoms with Crippen LogP contribution >= 0.6 is 11.8 Å². The second kappa shape index (κ2) is 7.68. The number of nitrogens with one attached hydrogen (secondary N) is 1. The van der Waals surface area contributed by atoms with Crippen LogP contribution < -0.4 is 10.1 Å². The summed E-state index contributed by atoms with van der Waals surface area (Å²) in [6.45, 7) is 2.11. The van der Waals surface area contributed by atoms with Crippen molar-refractivity contribution in [3.05, 3.63) is 27.8 Å². The molecule has 1 aliphatic carbocycles. The topological polar surface area (TPSA) is 81.5 Å². The average molecular weight is 338 g/mol. The lowest BCUT2D eigenvalue weighted by Gasteiger charge is -2.29. The number of hydrogen-bond donors (Lipinski definition) is 1. The van der Waals surface area contributed by atoms with Crippen LogP contribution in [0.5, 0.6) is 5.75 Å². The van der Waals surface area contributed by atoms with Gasteiger partial charge in [0.1, 0.15) is 11.3 Å². The van der Waals surface area contributed by atoms with Crippen molar-refractivity contribution in [2.45, 2.75) is 43.5 Å². The Bertz CT molecular complexity index is 606. The van der Waals surface area contributed by atoms with Gasteiger partial charge in [0.25, 0.3) is 11.6 Å². The number of amides is 1. The minimum Gasteiger partial charge on any atom is -0.495 e. The molecular formula is C16H22N2O4S. The Morgan fingerprint density at radius 1 is 1.39 bits per heavy atom. The zero-order chi connectivity index (χ0) is 17.0. The highest BCUT2D eigenvalue weighted by Crippen LogP contribution is 2.34. The SMILES string of the molecule is COc1cc([N+](=O)[O-])c(C(=O)N[C@H]2CCCC[C@@H]2C)cc1SC. The molecule has 0 spiro atoms. The summed E-state index contributed by atoms with van der Waals surface area (Å²) in [5.74, 6) is 0.421. The number of ether oxygens (including phenoxy) is 1. The molecule has 0 unspecified atom stereocenters. The van der Waals surface area contributed by atoms with Crippen LogP contribution in [-0.4, -0.2) is 30.2 Å². The molecule has 7 heteroatoms. The Kier molecular flexibility index (Phi) is 5.87. The molecule has 0 aromatic heterocycles. The summed E-state index contributed by atoms with van der Waals surface area (Å²) in [6, 6.07) is 2.95. The molecule has 1 aromatic carbocycles. The predicted octanol–water partition coefficient (Wildman–Crippen LogP) is 3.63. The molecule has 0 radical (unpaired) electrons. The first-order valence-corrected chi connectivity index (χ1v) is 8.91. The monoisotopic (exact) mass is 338 g/mol. The van der Waals surface area contributed by atoms with Crippen molar-refractivity contribution in [2.75, 3.05) is 13.4 Å². The number of methoxy groups -OCH3 is 1. The summed E-state index contributed by atoms with van der Waals surface area (Å²) in [5.41, 5.74) is -0.126. The first kappa shape index (κ1) is 17.6. The maximum atomic E-state index is 12.6. The maximum absolute atomic E-state index is 12.6. The van der Waals surface area contributed by atoms with E-state index in [0.29, 0.717) is 16.6 Å². The fourth-order valence-electron chi connectivity index (χ4n) is 2.98. The normalized spacial score (nSPS) is 20.8. The molecular weight excluding hydrogens is 316 g/mol. The average Bonchev–Trinajstić information content (AvgIpc) is 2.55. The smallest absolute Gasteiger partial charge is 0.285 e. The number of benzene rings is 1. The van der Waals surface area contributed by atoms with Crippen molar-refractivity contribution < 1.29 is 14.5 Å². The van der Waals surface area contributed by atoms with Crippen molar-refractivity contribution in [3.63, 3.8) is 0 Å². The highest BCUT2D eigenvalue weighted by molar-refractivity contribution is 7.98. The van der Waals surface area contributed by atoms with E-state index in [9.17, 15) is 14.9 Å². The van der Waals surface area contributed by atoms with Gasteiger partial charge in [-0.15, -0.1) is 11.8 Å². The van der Waals surface area contributed by atoms with E-state index < -0.39 is 4.92 Å². The van der Waals surface area contributed by atoms with Crippen molar-refractivity contribution >= 4 is 23.4 Å². The molecule has 126 valence electrons. The van der Waals surface area contributed by atoms with E-state index in [1.54, 1.807) is 6.07 Å². The van der Waals surface area contributed by atoms with Gasteiger partial charge in [-0.3, -0.25) is 14.9 Å². The van der Waals surface area contributed by atoms with Crippen LogP contribution in [0.3, 0.4) is 0 Å². The molecule has 1 aliphatic rings. The molecule has 1 amide bonds. The van der Waals surface area contributed by atoms with Gasteiger partial charge in [-0.25, -0.2) is 0 Å². The minimum atomic E-state index is -0.536. The first-order valence-electron chi connectivity index (χ1n) is 7.69. The first-order chi connectivity index (χ1) is 11.0. The summed E-state index contributed by atoms with van der Waals surface area (Å²) in [7, 11) is 1.46. The zero-order valence-electron chi connectivity index (χ0n) is 13.6. The van der Waals surface area contributed by atoms with Gasteiger partial charge in [0.15, 0.2) is 0 Å². The number of nitro benzene ring substituents is 1. The Balaban J connectivity index is 2.32. The van der Waals surface area contributed by atoms with Gasteiger partial charge in [-0.2, -0.15) is 0 Å². The molecule has 0 aliphatic heterocycles. The molecule has 23 heavy (non-hydrogen) atoms. The third kappa shape index (κ3) is 3.96. The highest BCUT2D eigenvalue weighted by atomic mass is 32.2. The lowest BCUT2D eigenvalue weighted by atomic mass is 9.86. The summed E-state index contributed by atoms with van der Waals surface area (Å²) in [5, 5.41) is 14.3. The number of carbonyl (C=O) groups is 1. The van der Waals surface area contributed by atoms with Crippen molar-refractivity contribution in [1.29, 1.82) is 0 Å². The van der Waals surface area contributed by atoms with Crippen LogP contribution in [0.25, 0.3) is 0 Å². The largest absolute Gasteiger partial charge is 0.495 e. The lowest BCUT2D eigenvalue weighted by molar-refractivity contribution is -0.385. The fourth-order valence-corrected chi connectivity index (χ4v) is 3.56. The van der Waals surface area contributed by atoms with Gasteiger partial charge >= 0.3 is 0 Å². The molecule has 0 heterocycles. The summed E-state index contributed by atoms with van der Waals surface area (Å²) >= 11 is 1.39. The number of hydrogen-bond acceptors (Lipinski definition) is 5. The maximum Gasteiger partial charge on any atom is 0.285 e. The van der Waals surface area contributed by atoms with Gasteiger partial charge < -0.3 is 10.1 Å². The fraction of sp³-hybridized carbons (Fsp3) is 0.562. The summed E-state index contributed by atoms with van der Waals surface area (Å²) in [6.07, 6.45) is 6.09. The van der Waals surface area contributed by atoms with E-state index in [4.69, 9.17) is 4.74 Å². The molecule has 0 saturated heterocycles. The molecule has 1 aromatic rings. The second-order valence-electron chi connectivity index (χ2n) is 5.82. The summed E-state index contributed by atoms with van der Waals surface area (Å²) < 4.78 is 5.17. The van der Waals surface area contributed by atoms with Gasteiger partial charge in [0.2, 0.25) is 0 Å². The van der Waals surface area contributed by atoms with Crippen molar-refractivity contribution in [1.82, 2.24) is 5.32 Å². The van der Waals surface area contributed by atoms with Crippen LogP contribution in [0.1, 0.15) is 43.0 Å². The van der Waals surface area contributed by atoms with Gasteiger partial charge in [-0.05, 0) is 31.1 Å². The van der Waals surface area contributed by atoms with Crippen LogP contribution in [0.15, 0.2) is 17.0 Å². The predicted molar refractivity (Wildman–Crippen MR) is 90.3 cm³/mol. The van der Waals surface area contributed by atoms with E-state index >= 15 is 0 Å². The standard InChI is InChI=1S/C16H22N2O4S/c1-10-6-4-5-7-12(10)17-16(19)11-8-15(23-3)14(22-2)9-13(11)18(20)21/h8-10,12H,4-7H2,1-3H3,(H,17,19)/t10-,12-/m0/s1. The quantitative estimate of drug-likeness (QED) is 0.503. The van der Waals surface area contributed by atoms with Gasteiger partial charge in [-0.1, -0.05) is 19.8 Å². The van der Waals surface area contributed by atoms with Crippen molar-refractivity contribution in [2.24, 2.45) is 5.92 Å². The molecule has 1 saturated carbocycles.